The van der Waals surface area contributed by atoms with E-state index in [4.69, 9.17) is 4.74 Å². The molecule has 5 nitrogen and oxygen atoms in total. The summed E-state index contributed by atoms with van der Waals surface area (Å²) in [6, 6.07) is 4.14. The van der Waals surface area contributed by atoms with Crippen LogP contribution in [0.3, 0.4) is 0 Å². The van der Waals surface area contributed by atoms with Crippen molar-refractivity contribution in [3.05, 3.63) is 23.9 Å². The molecule has 1 fully saturated rings. The Bertz CT molecular complexity index is 457. The summed E-state index contributed by atoms with van der Waals surface area (Å²) in [6.07, 6.45) is 4.60. The third-order valence-electron chi connectivity index (χ3n) is 3.92. The summed E-state index contributed by atoms with van der Waals surface area (Å²) in [7, 11) is 0. The van der Waals surface area contributed by atoms with Gasteiger partial charge in [-0.3, -0.25) is 0 Å². The Morgan fingerprint density at radius 1 is 1.48 bits per heavy atom. The van der Waals surface area contributed by atoms with Gasteiger partial charge in [-0.2, -0.15) is 0 Å². The molecule has 2 amide bonds. The highest BCUT2D eigenvalue weighted by molar-refractivity contribution is 5.74. The molecule has 1 aliphatic heterocycles. The Hall–Kier alpha value is -1.78. The SMILES string of the molecule is CCC(CC)NC(=O)N1CCC(Oc2ccc(C)cn2)C1. The molecule has 0 bridgehead atoms. The van der Waals surface area contributed by atoms with Crippen LogP contribution in [-0.4, -0.2) is 41.2 Å². The number of hydrogen-bond donors (Lipinski definition) is 1. The number of pyridine rings is 1. The lowest BCUT2D eigenvalue weighted by molar-refractivity contribution is 0.180. The Labute approximate surface area is 126 Å². The number of aryl methyl sites for hydroxylation is 1. The molecule has 0 spiro atoms. The number of amides is 2. The van der Waals surface area contributed by atoms with E-state index in [1.54, 1.807) is 6.20 Å². The number of ether oxygens (including phenoxy) is 1. The molecule has 21 heavy (non-hydrogen) atoms. The van der Waals surface area contributed by atoms with Crippen LogP contribution in [0.4, 0.5) is 4.79 Å². The van der Waals surface area contributed by atoms with Crippen molar-refractivity contribution in [2.45, 2.75) is 52.2 Å². The summed E-state index contributed by atoms with van der Waals surface area (Å²) < 4.78 is 5.84. The number of hydrogen-bond acceptors (Lipinski definition) is 3. The van der Waals surface area contributed by atoms with Gasteiger partial charge in [0.1, 0.15) is 6.10 Å². The molecule has 1 aromatic rings. The number of rotatable bonds is 5. The van der Waals surface area contributed by atoms with Crippen molar-refractivity contribution >= 4 is 6.03 Å². The minimum absolute atomic E-state index is 0.0201. The molecule has 2 rings (SSSR count). The van der Waals surface area contributed by atoms with E-state index in [1.807, 2.05) is 24.0 Å². The van der Waals surface area contributed by atoms with Crippen molar-refractivity contribution in [1.82, 2.24) is 15.2 Å². The van der Waals surface area contributed by atoms with Gasteiger partial charge in [-0.25, -0.2) is 9.78 Å². The van der Waals surface area contributed by atoms with Crippen molar-refractivity contribution < 1.29 is 9.53 Å². The monoisotopic (exact) mass is 291 g/mol. The van der Waals surface area contributed by atoms with Crippen LogP contribution in [0, 0.1) is 6.92 Å². The molecule has 1 saturated heterocycles. The van der Waals surface area contributed by atoms with Crippen LogP contribution in [0.2, 0.25) is 0 Å². The molecule has 5 heteroatoms. The van der Waals surface area contributed by atoms with Crippen molar-refractivity contribution in [3.8, 4) is 5.88 Å². The van der Waals surface area contributed by atoms with Gasteiger partial charge >= 0.3 is 6.03 Å². The molecular weight excluding hydrogens is 266 g/mol. The molecule has 0 aliphatic carbocycles. The predicted molar refractivity (Wildman–Crippen MR) is 82.5 cm³/mol. The van der Waals surface area contributed by atoms with Gasteiger partial charge in [-0.15, -0.1) is 0 Å². The predicted octanol–water partition coefficient (Wildman–Crippen LogP) is 2.74. The third kappa shape index (κ3) is 4.34. The van der Waals surface area contributed by atoms with Crippen LogP contribution in [0.5, 0.6) is 5.88 Å². The number of carbonyl (C=O) groups excluding carboxylic acids is 1. The van der Waals surface area contributed by atoms with E-state index in [-0.39, 0.29) is 18.2 Å². The topological polar surface area (TPSA) is 54.5 Å². The zero-order chi connectivity index (χ0) is 15.2. The normalized spacial score (nSPS) is 18.1. The number of likely N-dealkylation sites (tertiary alicyclic amines) is 1. The van der Waals surface area contributed by atoms with Gasteiger partial charge in [0.2, 0.25) is 5.88 Å². The fourth-order valence-electron chi connectivity index (χ4n) is 2.46. The first-order valence-corrected chi connectivity index (χ1v) is 7.77. The molecule has 0 saturated carbocycles. The summed E-state index contributed by atoms with van der Waals surface area (Å²) in [5, 5.41) is 3.07. The zero-order valence-electron chi connectivity index (χ0n) is 13.1. The second kappa shape index (κ2) is 7.29. The summed E-state index contributed by atoms with van der Waals surface area (Å²) in [6.45, 7) is 7.54. The Balaban J connectivity index is 1.82. The lowest BCUT2D eigenvalue weighted by Gasteiger charge is -2.21. The molecular formula is C16H25N3O2. The highest BCUT2D eigenvalue weighted by Gasteiger charge is 2.28. The first kappa shape index (κ1) is 15.6. The van der Waals surface area contributed by atoms with Crippen molar-refractivity contribution in [1.29, 1.82) is 0 Å². The number of urea groups is 1. The molecule has 116 valence electrons. The van der Waals surface area contributed by atoms with E-state index in [0.29, 0.717) is 12.4 Å². The van der Waals surface area contributed by atoms with Crippen molar-refractivity contribution in [3.63, 3.8) is 0 Å². The van der Waals surface area contributed by atoms with Gasteiger partial charge in [0.15, 0.2) is 0 Å². The molecule has 1 unspecified atom stereocenters. The Kier molecular flexibility index (Phi) is 5.42. The van der Waals surface area contributed by atoms with Crippen LogP contribution in [0.15, 0.2) is 18.3 Å². The number of aromatic nitrogens is 1. The fourth-order valence-corrected chi connectivity index (χ4v) is 2.46. The smallest absolute Gasteiger partial charge is 0.317 e. The van der Waals surface area contributed by atoms with E-state index in [2.05, 4.69) is 24.1 Å². The molecule has 2 heterocycles. The van der Waals surface area contributed by atoms with Gasteiger partial charge in [0.25, 0.3) is 0 Å². The third-order valence-corrected chi connectivity index (χ3v) is 3.92. The van der Waals surface area contributed by atoms with Crippen LogP contribution in [0.25, 0.3) is 0 Å². The first-order chi connectivity index (χ1) is 10.1. The van der Waals surface area contributed by atoms with E-state index in [9.17, 15) is 4.79 Å². The van der Waals surface area contributed by atoms with Gasteiger partial charge < -0.3 is 15.0 Å². The van der Waals surface area contributed by atoms with Crippen LogP contribution < -0.4 is 10.1 Å². The van der Waals surface area contributed by atoms with Gasteiger partial charge in [-0.05, 0) is 25.3 Å². The van der Waals surface area contributed by atoms with Crippen LogP contribution in [0.1, 0.15) is 38.7 Å². The maximum Gasteiger partial charge on any atom is 0.317 e. The van der Waals surface area contributed by atoms with E-state index >= 15 is 0 Å². The highest BCUT2D eigenvalue weighted by atomic mass is 16.5. The molecule has 0 radical (unpaired) electrons. The molecule has 1 atom stereocenters. The maximum atomic E-state index is 12.2. The number of nitrogens with one attached hydrogen (secondary N) is 1. The largest absolute Gasteiger partial charge is 0.472 e. The number of nitrogens with zero attached hydrogens (tertiary/aromatic N) is 2. The van der Waals surface area contributed by atoms with Crippen molar-refractivity contribution in [2.24, 2.45) is 0 Å². The van der Waals surface area contributed by atoms with Gasteiger partial charge in [-0.1, -0.05) is 19.9 Å². The second-order valence-corrected chi connectivity index (χ2v) is 5.61. The Morgan fingerprint density at radius 2 is 2.24 bits per heavy atom. The van der Waals surface area contributed by atoms with E-state index in [0.717, 1.165) is 31.4 Å². The minimum Gasteiger partial charge on any atom is -0.472 e. The van der Waals surface area contributed by atoms with Gasteiger partial charge in [0, 0.05) is 31.3 Å². The summed E-state index contributed by atoms with van der Waals surface area (Å²) in [5.74, 6) is 0.632. The average molecular weight is 291 g/mol. The minimum atomic E-state index is 0.0201. The fraction of sp³-hybridized carbons (Fsp3) is 0.625. The Morgan fingerprint density at radius 3 is 2.86 bits per heavy atom. The lowest BCUT2D eigenvalue weighted by atomic mass is 10.2. The van der Waals surface area contributed by atoms with Gasteiger partial charge in [0.05, 0.1) is 6.54 Å². The quantitative estimate of drug-likeness (QED) is 0.907. The average Bonchev–Trinajstić information content (AvgIpc) is 2.95. The second-order valence-electron chi connectivity index (χ2n) is 5.61. The molecule has 1 aliphatic rings. The van der Waals surface area contributed by atoms with Crippen molar-refractivity contribution in [2.75, 3.05) is 13.1 Å². The summed E-state index contributed by atoms with van der Waals surface area (Å²) in [5.41, 5.74) is 1.11. The van der Waals surface area contributed by atoms with E-state index < -0.39 is 0 Å². The van der Waals surface area contributed by atoms with Crippen LogP contribution >= 0.6 is 0 Å². The molecule has 1 N–H and O–H groups in total. The van der Waals surface area contributed by atoms with E-state index in [1.165, 1.54) is 0 Å². The van der Waals surface area contributed by atoms with Crippen LogP contribution in [-0.2, 0) is 0 Å². The number of carbonyl (C=O) groups is 1. The summed E-state index contributed by atoms with van der Waals surface area (Å²) in [4.78, 5) is 18.2. The first-order valence-electron chi connectivity index (χ1n) is 7.77. The maximum absolute atomic E-state index is 12.2. The standard InChI is InChI=1S/C16H25N3O2/c1-4-13(5-2)18-16(20)19-9-8-14(11-19)21-15-7-6-12(3)10-17-15/h6-7,10,13-14H,4-5,8-9,11H2,1-3H3,(H,18,20). The zero-order valence-corrected chi connectivity index (χ0v) is 13.1. The highest BCUT2D eigenvalue weighted by Crippen LogP contribution is 2.17. The summed E-state index contributed by atoms with van der Waals surface area (Å²) >= 11 is 0. The molecule has 0 aromatic carbocycles. The molecule has 1 aromatic heterocycles. The lowest BCUT2D eigenvalue weighted by Crippen LogP contribution is -2.44.